The number of nitrogens with zero attached hydrogens (tertiary/aromatic N) is 1. The SMILES string of the molecule is N=C(N)C(=O)NCCN1CCOCC1. The van der Waals surface area contributed by atoms with Gasteiger partial charge in [0.25, 0.3) is 5.91 Å². The Labute approximate surface area is 82.9 Å². The first-order chi connectivity index (χ1) is 6.70. The molecule has 0 radical (unpaired) electrons. The Bertz CT molecular complexity index is 213. The molecule has 1 fully saturated rings. The molecule has 1 aliphatic heterocycles. The number of hydrogen-bond donors (Lipinski definition) is 3. The smallest absolute Gasteiger partial charge is 0.285 e. The minimum absolute atomic E-state index is 0.438. The van der Waals surface area contributed by atoms with Crippen molar-refractivity contribution >= 4 is 11.7 Å². The minimum Gasteiger partial charge on any atom is -0.380 e. The summed E-state index contributed by atoms with van der Waals surface area (Å²) in [7, 11) is 0. The summed E-state index contributed by atoms with van der Waals surface area (Å²) >= 11 is 0. The summed E-state index contributed by atoms with van der Waals surface area (Å²) in [5.41, 5.74) is 4.99. The van der Waals surface area contributed by atoms with Crippen molar-refractivity contribution in [2.75, 3.05) is 39.4 Å². The van der Waals surface area contributed by atoms with E-state index in [1.54, 1.807) is 0 Å². The van der Waals surface area contributed by atoms with Gasteiger partial charge in [-0.2, -0.15) is 0 Å². The van der Waals surface area contributed by atoms with Crippen molar-refractivity contribution in [2.24, 2.45) is 5.73 Å². The van der Waals surface area contributed by atoms with Gasteiger partial charge in [0, 0.05) is 26.2 Å². The maximum atomic E-state index is 10.9. The van der Waals surface area contributed by atoms with Crippen LogP contribution in [0.5, 0.6) is 0 Å². The summed E-state index contributed by atoms with van der Waals surface area (Å²) in [5.74, 6) is -0.940. The molecule has 80 valence electrons. The zero-order chi connectivity index (χ0) is 10.4. The predicted molar refractivity (Wildman–Crippen MR) is 52.2 cm³/mol. The van der Waals surface area contributed by atoms with E-state index in [-0.39, 0.29) is 0 Å². The predicted octanol–water partition coefficient (Wildman–Crippen LogP) is -1.63. The van der Waals surface area contributed by atoms with Crippen molar-refractivity contribution in [1.29, 1.82) is 5.41 Å². The topological polar surface area (TPSA) is 91.4 Å². The van der Waals surface area contributed by atoms with Crippen LogP contribution in [0.1, 0.15) is 0 Å². The highest BCUT2D eigenvalue weighted by Crippen LogP contribution is 1.94. The lowest BCUT2D eigenvalue weighted by Crippen LogP contribution is -2.43. The zero-order valence-electron chi connectivity index (χ0n) is 8.08. The largest absolute Gasteiger partial charge is 0.380 e. The van der Waals surface area contributed by atoms with Gasteiger partial charge < -0.3 is 15.8 Å². The number of amides is 1. The Morgan fingerprint density at radius 3 is 2.71 bits per heavy atom. The zero-order valence-corrected chi connectivity index (χ0v) is 8.08. The number of nitrogens with two attached hydrogens (primary N) is 1. The van der Waals surface area contributed by atoms with Gasteiger partial charge in [0.2, 0.25) is 0 Å². The van der Waals surface area contributed by atoms with Gasteiger partial charge in [-0.3, -0.25) is 15.1 Å². The van der Waals surface area contributed by atoms with Crippen LogP contribution in [-0.2, 0) is 9.53 Å². The number of nitrogens with one attached hydrogen (secondary N) is 2. The Balaban J connectivity index is 2.08. The third-order valence-corrected chi connectivity index (χ3v) is 2.06. The monoisotopic (exact) mass is 200 g/mol. The van der Waals surface area contributed by atoms with Crippen LogP contribution in [0.3, 0.4) is 0 Å². The van der Waals surface area contributed by atoms with E-state index < -0.39 is 11.7 Å². The molecule has 0 aromatic carbocycles. The molecular weight excluding hydrogens is 184 g/mol. The molecule has 6 heteroatoms. The van der Waals surface area contributed by atoms with Crippen molar-refractivity contribution < 1.29 is 9.53 Å². The summed E-state index contributed by atoms with van der Waals surface area (Å²) < 4.78 is 5.18. The van der Waals surface area contributed by atoms with Crippen LogP contribution in [0.15, 0.2) is 0 Å². The highest BCUT2D eigenvalue weighted by Gasteiger charge is 2.10. The van der Waals surface area contributed by atoms with Crippen molar-refractivity contribution in [3.05, 3.63) is 0 Å². The molecule has 14 heavy (non-hydrogen) atoms. The Morgan fingerprint density at radius 1 is 1.50 bits per heavy atom. The summed E-state index contributed by atoms with van der Waals surface area (Å²) in [6.07, 6.45) is 0. The molecule has 1 amide bonds. The molecule has 0 unspecified atom stereocenters. The first kappa shape index (κ1) is 10.9. The molecule has 0 aromatic rings. The lowest BCUT2D eigenvalue weighted by Gasteiger charge is -2.26. The van der Waals surface area contributed by atoms with E-state index in [2.05, 4.69) is 10.2 Å². The molecule has 0 spiro atoms. The molecule has 1 aliphatic rings. The van der Waals surface area contributed by atoms with Crippen molar-refractivity contribution in [1.82, 2.24) is 10.2 Å². The first-order valence-corrected chi connectivity index (χ1v) is 4.62. The molecule has 0 aromatic heterocycles. The fourth-order valence-electron chi connectivity index (χ4n) is 1.25. The van der Waals surface area contributed by atoms with Gasteiger partial charge in [0.1, 0.15) is 0 Å². The van der Waals surface area contributed by atoms with Gasteiger partial charge in [-0.25, -0.2) is 0 Å². The number of carbonyl (C=O) groups is 1. The third-order valence-electron chi connectivity index (χ3n) is 2.06. The molecule has 0 bridgehead atoms. The van der Waals surface area contributed by atoms with Crippen LogP contribution in [-0.4, -0.2) is 56.0 Å². The average molecular weight is 200 g/mol. The van der Waals surface area contributed by atoms with Crippen LogP contribution in [0.2, 0.25) is 0 Å². The molecule has 0 saturated carbocycles. The van der Waals surface area contributed by atoms with Gasteiger partial charge in [-0.1, -0.05) is 0 Å². The summed E-state index contributed by atoms with van der Waals surface area (Å²) in [5, 5.41) is 9.41. The maximum absolute atomic E-state index is 10.9. The van der Waals surface area contributed by atoms with Crippen LogP contribution in [0, 0.1) is 5.41 Å². The number of morpholine rings is 1. The molecular formula is C8H16N4O2. The number of ether oxygens (including phenoxy) is 1. The van der Waals surface area contributed by atoms with Crippen LogP contribution >= 0.6 is 0 Å². The minimum atomic E-state index is -0.502. The fraction of sp³-hybridized carbons (Fsp3) is 0.750. The average Bonchev–Trinajstić information content (AvgIpc) is 2.19. The second-order valence-corrected chi connectivity index (χ2v) is 3.12. The van der Waals surface area contributed by atoms with E-state index in [0.29, 0.717) is 6.54 Å². The molecule has 0 atom stereocenters. The normalized spacial score (nSPS) is 17.7. The number of carbonyl (C=O) groups excluding carboxylic acids is 1. The second kappa shape index (κ2) is 5.56. The van der Waals surface area contributed by atoms with Crippen LogP contribution in [0.25, 0.3) is 0 Å². The molecule has 1 saturated heterocycles. The lowest BCUT2D eigenvalue weighted by molar-refractivity contribution is -0.115. The summed E-state index contributed by atoms with van der Waals surface area (Å²) in [4.78, 5) is 13.1. The van der Waals surface area contributed by atoms with Gasteiger partial charge in [0.05, 0.1) is 13.2 Å². The number of amidine groups is 1. The van der Waals surface area contributed by atoms with E-state index >= 15 is 0 Å². The van der Waals surface area contributed by atoms with Crippen molar-refractivity contribution in [3.8, 4) is 0 Å². The Hall–Kier alpha value is -1.14. The molecule has 6 nitrogen and oxygen atoms in total. The van der Waals surface area contributed by atoms with Gasteiger partial charge >= 0.3 is 0 Å². The summed E-state index contributed by atoms with van der Waals surface area (Å²) in [6.45, 7) is 4.61. The highest BCUT2D eigenvalue weighted by molar-refractivity contribution is 6.35. The third kappa shape index (κ3) is 3.71. The fourth-order valence-corrected chi connectivity index (χ4v) is 1.25. The quantitative estimate of drug-likeness (QED) is 0.377. The van der Waals surface area contributed by atoms with Gasteiger partial charge in [-0.15, -0.1) is 0 Å². The van der Waals surface area contributed by atoms with E-state index in [1.165, 1.54) is 0 Å². The standard InChI is InChI=1S/C8H16N4O2/c9-7(10)8(13)11-1-2-12-3-5-14-6-4-12/h1-6H2,(H3,9,10)(H,11,13). The maximum Gasteiger partial charge on any atom is 0.285 e. The van der Waals surface area contributed by atoms with Gasteiger partial charge in [-0.05, 0) is 0 Å². The van der Waals surface area contributed by atoms with E-state index in [9.17, 15) is 4.79 Å². The van der Waals surface area contributed by atoms with E-state index in [1.807, 2.05) is 0 Å². The van der Waals surface area contributed by atoms with Gasteiger partial charge in [0.15, 0.2) is 5.84 Å². The van der Waals surface area contributed by atoms with Crippen LogP contribution in [0.4, 0.5) is 0 Å². The summed E-state index contributed by atoms with van der Waals surface area (Å²) in [6, 6.07) is 0. The molecule has 0 aliphatic carbocycles. The number of rotatable bonds is 3. The number of hydrogen-bond acceptors (Lipinski definition) is 4. The lowest BCUT2D eigenvalue weighted by atomic mass is 10.4. The molecule has 1 rings (SSSR count). The molecule has 4 N–H and O–H groups in total. The van der Waals surface area contributed by atoms with Crippen LogP contribution < -0.4 is 11.1 Å². The Kier molecular flexibility index (Phi) is 4.34. The Morgan fingerprint density at radius 2 is 2.14 bits per heavy atom. The highest BCUT2D eigenvalue weighted by atomic mass is 16.5. The second-order valence-electron chi connectivity index (χ2n) is 3.12. The van der Waals surface area contributed by atoms with E-state index in [0.717, 1.165) is 32.8 Å². The van der Waals surface area contributed by atoms with Crippen molar-refractivity contribution in [2.45, 2.75) is 0 Å². The molecule has 1 heterocycles. The van der Waals surface area contributed by atoms with Crippen molar-refractivity contribution in [3.63, 3.8) is 0 Å². The first-order valence-electron chi connectivity index (χ1n) is 4.62. The van der Waals surface area contributed by atoms with E-state index in [4.69, 9.17) is 15.9 Å².